The van der Waals surface area contributed by atoms with Gasteiger partial charge >= 0.3 is 6.03 Å². The van der Waals surface area contributed by atoms with Crippen molar-refractivity contribution in [2.75, 3.05) is 25.0 Å². The molecule has 156 valence electrons. The molecule has 2 aliphatic rings. The molecule has 1 saturated heterocycles. The van der Waals surface area contributed by atoms with Crippen LogP contribution in [0.5, 0.6) is 11.5 Å². The summed E-state index contributed by atoms with van der Waals surface area (Å²) in [6, 6.07) is 4.96. The zero-order chi connectivity index (χ0) is 20.5. The third-order valence-corrected chi connectivity index (χ3v) is 7.16. The highest BCUT2D eigenvalue weighted by Gasteiger charge is 2.33. The zero-order valence-corrected chi connectivity index (χ0v) is 17.6. The highest BCUT2D eigenvalue weighted by molar-refractivity contribution is 7.90. The second kappa shape index (κ2) is 7.79. The Bertz CT molecular complexity index is 826. The van der Waals surface area contributed by atoms with Crippen molar-refractivity contribution >= 4 is 21.7 Å². The van der Waals surface area contributed by atoms with Crippen molar-refractivity contribution in [3.63, 3.8) is 0 Å². The summed E-state index contributed by atoms with van der Waals surface area (Å²) < 4.78 is 37.8. The number of carbonyl (C=O) groups is 1. The van der Waals surface area contributed by atoms with E-state index in [2.05, 4.69) is 10.0 Å². The largest absolute Gasteiger partial charge is 0.486 e. The standard InChI is InChI=1S/C19H29N3O5S/c1-13-12-26-16-6-5-15(11-17(16)27-13)20-18(23)22-9-7-14(8-10-22)21-28(24,25)19(2,3)4/h5-6,11,13-14,21H,7-10,12H2,1-4H3,(H,20,23). The number of fused-ring (bicyclic) bond motifs is 1. The van der Waals surface area contributed by atoms with Gasteiger partial charge in [0.25, 0.3) is 0 Å². The van der Waals surface area contributed by atoms with Crippen LogP contribution >= 0.6 is 0 Å². The number of piperidine rings is 1. The van der Waals surface area contributed by atoms with E-state index in [1.807, 2.05) is 6.92 Å². The Labute approximate surface area is 166 Å². The van der Waals surface area contributed by atoms with E-state index in [1.54, 1.807) is 43.9 Å². The topological polar surface area (TPSA) is 97.0 Å². The zero-order valence-electron chi connectivity index (χ0n) is 16.8. The quantitative estimate of drug-likeness (QED) is 0.797. The predicted molar refractivity (Wildman–Crippen MR) is 107 cm³/mol. The monoisotopic (exact) mass is 411 g/mol. The fourth-order valence-electron chi connectivity index (χ4n) is 3.05. The first-order valence-electron chi connectivity index (χ1n) is 9.56. The molecule has 1 aromatic carbocycles. The second-order valence-electron chi connectivity index (χ2n) is 8.33. The van der Waals surface area contributed by atoms with Gasteiger partial charge < -0.3 is 19.7 Å². The number of urea groups is 1. The molecule has 1 atom stereocenters. The van der Waals surface area contributed by atoms with Gasteiger partial charge in [-0.25, -0.2) is 17.9 Å². The van der Waals surface area contributed by atoms with Crippen molar-refractivity contribution in [1.82, 2.24) is 9.62 Å². The summed E-state index contributed by atoms with van der Waals surface area (Å²) in [6.07, 6.45) is 1.14. The van der Waals surface area contributed by atoms with Crippen LogP contribution in [0, 0.1) is 0 Å². The summed E-state index contributed by atoms with van der Waals surface area (Å²) in [5, 5.41) is 2.88. The third kappa shape index (κ3) is 4.70. The Kier molecular flexibility index (Phi) is 5.77. The van der Waals surface area contributed by atoms with E-state index < -0.39 is 14.8 Å². The SMILES string of the molecule is CC1COc2ccc(NC(=O)N3CCC(NS(=O)(=O)C(C)(C)C)CC3)cc2O1. The van der Waals surface area contributed by atoms with Gasteiger partial charge in [0.05, 0.1) is 4.75 Å². The number of amides is 2. The van der Waals surface area contributed by atoms with Gasteiger partial charge in [-0.15, -0.1) is 0 Å². The van der Waals surface area contributed by atoms with Crippen LogP contribution in [-0.4, -0.2) is 55.9 Å². The highest BCUT2D eigenvalue weighted by Crippen LogP contribution is 2.34. The van der Waals surface area contributed by atoms with Crippen molar-refractivity contribution in [3.05, 3.63) is 18.2 Å². The lowest BCUT2D eigenvalue weighted by Crippen LogP contribution is -2.50. The number of hydrogen-bond donors (Lipinski definition) is 2. The number of anilines is 1. The average molecular weight is 412 g/mol. The molecule has 2 heterocycles. The van der Waals surface area contributed by atoms with E-state index in [0.29, 0.717) is 49.7 Å². The van der Waals surface area contributed by atoms with Crippen molar-refractivity contribution in [3.8, 4) is 11.5 Å². The van der Waals surface area contributed by atoms with Gasteiger partial charge in [-0.1, -0.05) is 0 Å². The molecule has 2 aliphatic heterocycles. The summed E-state index contributed by atoms with van der Waals surface area (Å²) in [4.78, 5) is 14.3. The molecular formula is C19H29N3O5S. The minimum absolute atomic E-state index is 0.0330. The third-order valence-electron chi connectivity index (χ3n) is 4.91. The van der Waals surface area contributed by atoms with E-state index in [9.17, 15) is 13.2 Å². The Morgan fingerprint density at radius 3 is 2.50 bits per heavy atom. The highest BCUT2D eigenvalue weighted by atomic mass is 32.2. The van der Waals surface area contributed by atoms with Crippen molar-refractivity contribution in [2.45, 2.75) is 57.4 Å². The number of ether oxygens (including phenoxy) is 2. The molecule has 0 spiro atoms. The first-order chi connectivity index (χ1) is 13.0. The van der Waals surface area contributed by atoms with E-state index in [-0.39, 0.29) is 18.2 Å². The number of sulfonamides is 1. The van der Waals surface area contributed by atoms with E-state index >= 15 is 0 Å². The number of likely N-dealkylation sites (tertiary alicyclic amines) is 1. The van der Waals surface area contributed by atoms with E-state index in [0.717, 1.165) is 0 Å². The van der Waals surface area contributed by atoms with Gasteiger partial charge in [-0.05, 0) is 52.7 Å². The minimum atomic E-state index is -3.39. The average Bonchev–Trinajstić information content (AvgIpc) is 2.60. The molecule has 8 nitrogen and oxygen atoms in total. The fraction of sp³-hybridized carbons (Fsp3) is 0.632. The van der Waals surface area contributed by atoms with Crippen LogP contribution in [0.25, 0.3) is 0 Å². The van der Waals surface area contributed by atoms with Crippen LogP contribution in [0.1, 0.15) is 40.5 Å². The Morgan fingerprint density at radius 2 is 1.86 bits per heavy atom. The second-order valence-corrected chi connectivity index (χ2v) is 10.8. The first-order valence-corrected chi connectivity index (χ1v) is 11.0. The molecule has 1 unspecified atom stereocenters. The van der Waals surface area contributed by atoms with Crippen LogP contribution < -0.4 is 19.5 Å². The summed E-state index contributed by atoms with van der Waals surface area (Å²) >= 11 is 0. The summed E-state index contributed by atoms with van der Waals surface area (Å²) in [5.41, 5.74) is 0.636. The van der Waals surface area contributed by atoms with Crippen LogP contribution in [0.4, 0.5) is 10.5 Å². The number of nitrogens with one attached hydrogen (secondary N) is 2. The Balaban J connectivity index is 1.54. The number of carbonyl (C=O) groups excluding carboxylic acids is 1. The van der Waals surface area contributed by atoms with Crippen LogP contribution in [0.15, 0.2) is 18.2 Å². The molecule has 2 amide bonds. The van der Waals surface area contributed by atoms with Gasteiger partial charge in [-0.2, -0.15) is 0 Å². The smallest absolute Gasteiger partial charge is 0.321 e. The molecule has 0 aliphatic carbocycles. The van der Waals surface area contributed by atoms with Crippen LogP contribution in [0.2, 0.25) is 0 Å². The maximum absolute atomic E-state index is 12.6. The summed E-state index contributed by atoms with van der Waals surface area (Å²) in [7, 11) is -3.39. The molecule has 28 heavy (non-hydrogen) atoms. The van der Waals surface area contributed by atoms with Crippen molar-refractivity contribution < 1.29 is 22.7 Å². The number of hydrogen-bond acceptors (Lipinski definition) is 5. The summed E-state index contributed by atoms with van der Waals surface area (Å²) in [5.74, 6) is 1.29. The predicted octanol–water partition coefficient (Wildman–Crippen LogP) is 2.56. The lowest BCUT2D eigenvalue weighted by molar-refractivity contribution is 0.104. The lowest BCUT2D eigenvalue weighted by Gasteiger charge is -2.33. The lowest BCUT2D eigenvalue weighted by atomic mass is 10.1. The summed E-state index contributed by atoms with van der Waals surface area (Å²) in [6.45, 7) is 8.43. The van der Waals surface area contributed by atoms with Gasteiger partial charge in [0.2, 0.25) is 10.0 Å². The molecular weight excluding hydrogens is 382 g/mol. The van der Waals surface area contributed by atoms with Gasteiger partial charge in [0.1, 0.15) is 12.7 Å². The minimum Gasteiger partial charge on any atom is -0.486 e. The first kappa shape index (κ1) is 20.7. The van der Waals surface area contributed by atoms with Gasteiger partial charge in [-0.3, -0.25) is 0 Å². The molecule has 0 radical (unpaired) electrons. The molecule has 9 heteroatoms. The Morgan fingerprint density at radius 1 is 1.18 bits per heavy atom. The number of benzene rings is 1. The van der Waals surface area contributed by atoms with E-state index in [4.69, 9.17) is 9.47 Å². The van der Waals surface area contributed by atoms with E-state index in [1.165, 1.54) is 0 Å². The number of rotatable bonds is 3. The maximum atomic E-state index is 12.6. The normalized spacial score (nSPS) is 20.7. The van der Waals surface area contributed by atoms with Crippen LogP contribution in [-0.2, 0) is 10.0 Å². The molecule has 1 fully saturated rings. The van der Waals surface area contributed by atoms with Gasteiger partial charge in [0, 0.05) is 30.9 Å². The van der Waals surface area contributed by atoms with Gasteiger partial charge in [0.15, 0.2) is 11.5 Å². The molecule has 2 N–H and O–H groups in total. The molecule has 3 rings (SSSR count). The van der Waals surface area contributed by atoms with Crippen molar-refractivity contribution in [2.24, 2.45) is 0 Å². The molecule has 0 aromatic heterocycles. The number of nitrogens with zero attached hydrogens (tertiary/aromatic N) is 1. The van der Waals surface area contributed by atoms with Crippen LogP contribution in [0.3, 0.4) is 0 Å². The fourth-order valence-corrected chi connectivity index (χ4v) is 4.08. The molecule has 0 bridgehead atoms. The molecule has 1 aromatic rings. The van der Waals surface area contributed by atoms with Crippen molar-refractivity contribution in [1.29, 1.82) is 0 Å². The Hall–Kier alpha value is -2.00. The molecule has 0 saturated carbocycles. The maximum Gasteiger partial charge on any atom is 0.321 e.